The Labute approximate surface area is 162 Å². The maximum absolute atomic E-state index is 12.9. The van der Waals surface area contributed by atoms with Crippen LogP contribution in [0.25, 0.3) is 0 Å². The van der Waals surface area contributed by atoms with Gasteiger partial charge in [-0.05, 0) is 51.3 Å². The largest absolute Gasteiger partial charge is 0.508 e. The fourth-order valence-electron chi connectivity index (χ4n) is 4.62. The molecule has 2 aliphatic rings. The van der Waals surface area contributed by atoms with Crippen molar-refractivity contribution >= 4 is 35.3 Å². The van der Waals surface area contributed by atoms with Crippen molar-refractivity contribution in [2.24, 2.45) is 0 Å². The second-order valence-corrected chi connectivity index (χ2v) is 13.2. The highest BCUT2D eigenvalue weighted by Crippen LogP contribution is 2.56. The summed E-state index contributed by atoms with van der Waals surface area (Å²) in [4.78, 5) is 12.9. The molecule has 1 spiro atoms. The SMILES string of the molecule is C[Si]1(C)c2cc(O)ccc2C2(SC(=O)c3ccccc32)c2ccc(O)cc21. The molecule has 5 heteroatoms. The van der Waals surface area contributed by atoms with Crippen LogP contribution in [-0.4, -0.2) is 23.4 Å². The van der Waals surface area contributed by atoms with Gasteiger partial charge >= 0.3 is 0 Å². The summed E-state index contributed by atoms with van der Waals surface area (Å²) in [5.41, 5.74) is 3.89. The van der Waals surface area contributed by atoms with Gasteiger partial charge in [0, 0.05) is 5.56 Å². The molecule has 0 radical (unpaired) electrons. The van der Waals surface area contributed by atoms with Gasteiger partial charge in [0.1, 0.15) is 19.6 Å². The average molecular weight is 391 g/mol. The van der Waals surface area contributed by atoms with E-state index in [0.29, 0.717) is 0 Å². The van der Waals surface area contributed by atoms with Gasteiger partial charge < -0.3 is 10.2 Å². The normalized spacial score (nSPS) is 18.1. The summed E-state index contributed by atoms with van der Waals surface area (Å²) in [5, 5.41) is 22.7. The lowest BCUT2D eigenvalue weighted by atomic mass is 9.81. The van der Waals surface area contributed by atoms with Gasteiger partial charge in [0.2, 0.25) is 5.12 Å². The number of hydrogen-bond donors (Lipinski definition) is 2. The molecule has 0 aromatic heterocycles. The van der Waals surface area contributed by atoms with Gasteiger partial charge in [-0.15, -0.1) is 0 Å². The summed E-state index contributed by atoms with van der Waals surface area (Å²) < 4.78 is -0.637. The zero-order valence-corrected chi connectivity index (χ0v) is 16.8. The summed E-state index contributed by atoms with van der Waals surface area (Å²) in [6.45, 7) is 4.45. The minimum absolute atomic E-state index is 0.0602. The lowest BCUT2D eigenvalue weighted by Crippen LogP contribution is -2.62. The molecule has 0 bridgehead atoms. The van der Waals surface area contributed by atoms with Crippen molar-refractivity contribution < 1.29 is 15.0 Å². The predicted octanol–water partition coefficient (Wildman–Crippen LogP) is 3.41. The lowest BCUT2D eigenvalue weighted by Gasteiger charge is -2.44. The average Bonchev–Trinajstić information content (AvgIpc) is 2.94. The van der Waals surface area contributed by atoms with E-state index in [0.717, 1.165) is 32.6 Å². The van der Waals surface area contributed by atoms with E-state index in [4.69, 9.17) is 0 Å². The monoisotopic (exact) mass is 390 g/mol. The first-order valence-corrected chi connectivity index (χ1v) is 12.7. The molecule has 5 rings (SSSR count). The van der Waals surface area contributed by atoms with Crippen molar-refractivity contribution in [3.05, 3.63) is 82.9 Å². The molecule has 0 fully saturated rings. The van der Waals surface area contributed by atoms with E-state index in [1.807, 2.05) is 48.5 Å². The number of carbonyl (C=O) groups is 1. The highest BCUT2D eigenvalue weighted by atomic mass is 32.2. The quantitative estimate of drug-likeness (QED) is 0.578. The second kappa shape index (κ2) is 5.27. The van der Waals surface area contributed by atoms with E-state index in [1.165, 1.54) is 11.8 Å². The summed E-state index contributed by atoms with van der Waals surface area (Å²) in [7, 11) is -2.18. The van der Waals surface area contributed by atoms with Gasteiger partial charge in [0.25, 0.3) is 0 Å². The van der Waals surface area contributed by atoms with E-state index in [2.05, 4.69) is 13.1 Å². The molecule has 27 heavy (non-hydrogen) atoms. The van der Waals surface area contributed by atoms with Crippen LogP contribution in [0.1, 0.15) is 27.0 Å². The Hall–Kier alpha value is -2.50. The summed E-state index contributed by atoms with van der Waals surface area (Å²) >= 11 is 1.34. The third-order valence-corrected chi connectivity index (χ3v) is 10.8. The number of thioether (sulfide) groups is 1. The molecule has 0 unspecified atom stereocenters. The number of aromatic hydroxyl groups is 2. The van der Waals surface area contributed by atoms with Crippen LogP contribution >= 0.6 is 11.8 Å². The molecule has 2 N–H and O–H groups in total. The molecule has 0 saturated carbocycles. The van der Waals surface area contributed by atoms with Crippen LogP contribution in [0.15, 0.2) is 60.7 Å². The van der Waals surface area contributed by atoms with E-state index in [-0.39, 0.29) is 16.6 Å². The zero-order valence-electron chi connectivity index (χ0n) is 15.0. The van der Waals surface area contributed by atoms with Crippen LogP contribution in [0.5, 0.6) is 11.5 Å². The summed E-state index contributed by atoms with van der Waals surface area (Å²) in [6, 6.07) is 18.8. The third kappa shape index (κ3) is 2.01. The molecule has 2 heterocycles. The Kier molecular flexibility index (Phi) is 3.25. The van der Waals surface area contributed by atoms with Crippen molar-refractivity contribution in [3.63, 3.8) is 0 Å². The molecule has 2 aliphatic heterocycles. The Balaban J connectivity index is 1.97. The number of phenolic OH excluding ortho intramolecular Hbond substituents is 2. The molecule has 134 valence electrons. The number of benzene rings is 3. The van der Waals surface area contributed by atoms with E-state index in [9.17, 15) is 15.0 Å². The van der Waals surface area contributed by atoms with Crippen LogP contribution in [0.4, 0.5) is 0 Å². The van der Waals surface area contributed by atoms with Crippen molar-refractivity contribution in [3.8, 4) is 11.5 Å². The van der Waals surface area contributed by atoms with E-state index >= 15 is 0 Å². The van der Waals surface area contributed by atoms with Gasteiger partial charge in [-0.25, -0.2) is 0 Å². The van der Waals surface area contributed by atoms with Crippen molar-refractivity contribution in [2.75, 3.05) is 0 Å². The van der Waals surface area contributed by atoms with Gasteiger partial charge in [-0.1, -0.05) is 61.3 Å². The highest BCUT2D eigenvalue weighted by molar-refractivity contribution is 8.15. The van der Waals surface area contributed by atoms with E-state index in [1.54, 1.807) is 12.1 Å². The first-order chi connectivity index (χ1) is 12.9. The van der Waals surface area contributed by atoms with Crippen LogP contribution < -0.4 is 10.4 Å². The summed E-state index contributed by atoms with van der Waals surface area (Å²) in [5.74, 6) is 0.464. The third-order valence-electron chi connectivity index (χ3n) is 5.88. The van der Waals surface area contributed by atoms with Crippen LogP contribution in [0.2, 0.25) is 13.1 Å². The highest BCUT2D eigenvalue weighted by Gasteiger charge is 2.54. The Morgan fingerprint density at radius 1 is 0.815 bits per heavy atom. The molecule has 0 atom stereocenters. The van der Waals surface area contributed by atoms with Crippen LogP contribution in [0.3, 0.4) is 0 Å². The minimum Gasteiger partial charge on any atom is -0.508 e. The van der Waals surface area contributed by atoms with Crippen LogP contribution in [0, 0.1) is 0 Å². The smallest absolute Gasteiger partial charge is 0.221 e. The number of rotatable bonds is 0. The topological polar surface area (TPSA) is 57.5 Å². The Bertz CT molecular complexity index is 1080. The number of hydrogen-bond acceptors (Lipinski definition) is 4. The predicted molar refractivity (Wildman–Crippen MR) is 111 cm³/mol. The number of fused-ring (bicyclic) bond motifs is 6. The standard InChI is InChI=1S/C22H18O3SSi/c1-27(2)19-11-13(23)7-9-17(19)22(18-10-8-14(24)12-20(18)27)16-6-4-3-5-15(16)21(25)26-22/h3-12,23-24H,1-2H3. The van der Waals surface area contributed by atoms with Gasteiger partial charge in [0.05, 0.1) is 4.75 Å². The first kappa shape index (κ1) is 16.7. The Morgan fingerprint density at radius 2 is 1.37 bits per heavy atom. The van der Waals surface area contributed by atoms with Gasteiger partial charge in [0.15, 0.2) is 0 Å². The maximum Gasteiger partial charge on any atom is 0.221 e. The molecular weight excluding hydrogens is 372 g/mol. The van der Waals surface area contributed by atoms with E-state index < -0.39 is 12.8 Å². The molecular formula is C22H18O3SSi. The first-order valence-electron chi connectivity index (χ1n) is 8.86. The number of carbonyl (C=O) groups excluding carboxylic acids is 1. The van der Waals surface area contributed by atoms with Crippen LogP contribution in [-0.2, 0) is 4.75 Å². The molecule has 0 aliphatic carbocycles. The van der Waals surface area contributed by atoms with Crippen molar-refractivity contribution in [2.45, 2.75) is 17.8 Å². The molecule has 0 saturated heterocycles. The molecule has 3 nitrogen and oxygen atoms in total. The molecule has 3 aromatic rings. The number of phenols is 2. The fourth-order valence-corrected chi connectivity index (χ4v) is 9.43. The Morgan fingerprint density at radius 3 is 1.96 bits per heavy atom. The zero-order chi connectivity index (χ0) is 19.0. The lowest BCUT2D eigenvalue weighted by molar-refractivity contribution is 0.109. The van der Waals surface area contributed by atoms with Crippen molar-refractivity contribution in [1.29, 1.82) is 0 Å². The minimum atomic E-state index is -2.18. The molecule has 3 aromatic carbocycles. The molecule has 0 amide bonds. The fraction of sp³-hybridized carbons (Fsp3) is 0.136. The second-order valence-electron chi connectivity index (χ2n) is 7.70. The van der Waals surface area contributed by atoms with Gasteiger partial charge in [-0.2, -0.15) is 0 Å². The van der Waals surface area contributed by atoms with Gasteiger partial charge in [-0.3, -0.25) is 4.79 Å². The van der Waals surface area contributed by atoms with Crippen molar-refractivity contribution in [1.82, 2.24) is 0 Å². The maximum atomic E-state index is 12.9. The summed E-state index contributed by atoms with van der Waals surface area (Å²) in [6.07, 6.45) is 0.